The molecule has 3 aliphatic rings. The normalized spacial score (nSPS) is 31.7. The third-order valence-corrected chi connectivity index (χ3v) is 5.24. The number of carbonyl (C=O) groups is 1. The Labute approximate surface area is 126 Å². The predicted octanol–water partition coefficient (Wildman–Crippen LogP) is 2.32. The van der Waals surface area contributed by atoms with Gasteiger partial charge in [-0.05, 0) is 43.9 Å². The second-order valence-electron chi connectivity index (χ2n) is 6.55. The molecule has 21 heavy (non-hydrogen) atoms. The van der Waals surface area contributed by atoms with Gasteiger partial charge < -0.3 is 15.1 Å². The first-order chi connectivity index (χ1) is 10.3. The molecular formula is C17H23N3O. The van der Waals surface area contributed by atoms with Gasteiger partial charge in [-0.3, -0.25) is 4.79 Å². The summed E-state index contributed by atoms with van der Waals surface area (Å²) in [4.78, 5) is 16.6. The van der Waals surface area contributed by atoms with Crippen LogP contribution in [0.5, 0.6) is 0 Å². The Morgan fingerprint density at radius 1 is 1.10 bits per heavy atom. The van der Waals surface area contributed by atoms with E-state index in [1.54, 1.807) is 0 Å². The van der Waals surface area contributed by atoms with Gasteiger partial charge in [-0.15, -0.1) is 0 Å². The molecule has 3 aliphatic heterocycles. The van der Waals surface area contributed by atoms with Crippen molar-refractivity contribution in [3.8, 4) is 0 Å². The van der Waals surface area contributed by atoms with Crippen LogP contribution in [0.15, 0.2) is 24.3 Å². The highest BCUT2D eigenvalue weighted by molar-refractivity contribution is 5.98. The van der Waals surface area contributed by atoms with Gasteiger partial charge >= 0.3 is 0 Å². The van der Waals surface area contributed by atoms with Crippen LogP contribution in [0.4, 0.5) is 11.4 Å². The summed E-state index contributed by atoms with van der Waals surface area (Å²) < 4.78 is 0. The average Bonchev–Trinajstić information content (AvgIpc) is 3.09. The minimum atomic E-state index is 0.264. The van der Waals surface area contributed by atoms with Crippen molar-refractivity contribution >= 4 is 17.3 Å². The lowest BCUT2D eigenvalue weighted by Crippen LogP contribution is -2.40. The zero-order valence-electron chi connectivity index (χ0n) is 12.4. The quantitative estimate of drug-likeness (QED) is 0.926. The fourth-order valence-electron chi connectivity index (χ4n) is 4.08. The minimum Gasteiger partial charge on any atom is -0.380 e. The Morgan fingerprint density at radius 2 is 1.95 bits per heavy atom. The van der Waals surface area contributed by atoms with E-state index in [4.69, 9.17) is 0 Å². The lowest BCUT2D eigenvalue weighted by Gasteiger charge is -2.33. The van der Waals surface area contributed by atoms with Crippen LogP contribution in [0, 0.1) is 5.92 Å². The van der Waals surface area contributed by atoms with E-state index in [9.17, 15) is 4.79 Å². The van der Waals surface area contributed by atoms with E-state index >= 15 is 0 Å². The smallest absolute Gasteiger partial charge is 0.227 e. The molecule has 0 saturated carbocycles. The third-order valence-electron chi connectivity index (χ3n) is 5.24. The third kappa shape index (κ3) is 2.42. The standard InChI is InChI=1S/C17H23N3O/c21-17-6-3-9-20(17)16-5-2-1-4-15(16)18-14-8-11-19-10-7-13(14)12-19/h1-2,4-5,13-14,18H,3,6-12H2. The summed E-state index contributed by atoms with van der Waals surface area (Å²) in [7, 11) is 0. The number of nitrogens with zero attached hydrogens (tertiary/aromatic N) is 2. The lowest BCUT2D eigenvalue weighted by atomic mass is 9.94. The van der Waals surface area contributed by atoms with Crippen molar-refractivity contribution in [1.29, 1.82) is 0 Å². The highest BCUT2D eigenvalue weighted by Gasteiger charge is 2.34. The number of benzene rings is 1. The van der Waals surface area contributed by atoms with Gasteiger partial charge in [-0.1, -0.05) is 12.1 Å². The Kier molecular flexibility index (Phi) is 3.34. The van der Waals surface area contributed by atoms with Crippen LogP contribution >= 0.6 is 0 Å². The van der Waals surface area contributed by atoms with E-state index in [-0.39, 0.29) is 5.91 Å². The molecule has 3 saturated heterocycles. The van der Waals surface area contributed by atoms with E-state index in [0.717, 1.165) is 30.3 Å². The summed E-state index contributed by atoms with van der Waals surface area (Å²) in [6, 6.07) is 8.86. The summed E-state index contributed by atoms with van der Waals surface area (Å²) in [5.74, 6) is 1.03. The average molecular weight is 285 g/mol. The molecule has 4 rings (SSSR count). The molecule has 0 spiro atoms. The van der Waals surface area contributed by atoms with Crippen molar-refractivity contribution in [1.82, 2.24) is 4.90 Å². The maximum atomic E-state index is 12.0. The molecule has 3 heterocycles. The van der Waals surface area contributed by atoms with Crippen LogP contribution in [-0.2, 0) is 4.79 Å². The van der Waals surface area contributed by atoms with Crippen LogP contribution in [0.2, 0.25) is 0 Å². The Bertz CT molecular complexity index is 545. The van der Waals surface area contributed by atoms with E-state index in [1.807, 2.05) is 11.0 Å². The summed E-state index contributed by atoms with van der Waals surface area (Å²) in [5, 5.41) is 3.75. The van der Waals surface area contributed by atoms with Crippen molar-refractivity contribution in [2.75, 3.05) is 36.4 Å². The zero-order chi connectivity index (χ0) is 14.2. The number of anilines is 2. The topological polar surface area (TPSA) is 35.6 Å². The van der Waals surface area contributed by atoms with Crippen molar-refractivity contribution in [2.45, 2.75) is 31.7 Å². The highest BCUT2D eigenvalue weighted by atomic mass is 16.2. The molecular weight excluding hydrogens is 262 g/mol. The van der Waals surface area contributed by atoms with Gasteiger partial charge in [0.05, 0.1) is 11.4 Å². The van der Waals surface area contributed by atoms with E-state index < -0.39 is 0 Å². The molecule has 4 heteroatoms. The number of hydrogen-bond acceptors (Lipinski definition) is 3. The molecule has 112 valence electrons. The molecule has 0 aliphatic carbocycles. The number of fused-ring (bicyclic) bond motifs is 2. The van der Waals surface area contributed by atoms with Crippen molar-refractivity contribution in [3.05, 3.63) is 24.3 Å². The Hall–Kier alpha value is -1.55. The summed E-state index contributed by atoms with van der Waals surface area (Å²) in [5.41, 5.74) is 2.21. The van der Waals surface area contributed by atoms with Gasteiger partial charge in [0, 0.05) is 32.1 Å². The number of piperidine rings is 1. The van der Waals surface area contributed by atoms with Gasteiger partial charge in [0.1, 0.15) is 0 Å². The number of amides is 1. The molecule has 1 aromatic rings. The monoisotopic (exact) mass is 285 g/mol. The van der Waals surface area contributed by atoms with Crippen LogP contribution < -0.4 is 10.2 Å². The Balaban J connectivity index is 1.56. The fraction of sp³-hybridized carbons (Fsp3) is 0.588. The number of hydrogen-bond donors (Lipinski definition) is 1. The molecule has 3 unspecified atom stereocenters. The van der Waals surface area contributed by atoms with Gasteiger partial charge in [0.2, 0.25) is 5.91 Å². The summed E-state index contributed by atoms with van der Waals surface area (Å²) >= 11 is 0. The summed E-state index contributed by atoms with van der Waals surface area (Å²) in [6.45, 7) is 4.57. The largest absolute Gasteiger partial charge is 0.380 e. The maximum Gasteiger partial charge on any atom is 0.227 e. The molecule has 2 bridgehead atoms. The zero-order valence-corrected chi connectivity index (χ0v) is 12.4. The first kappa shape index (κ1) is 13.1. The van der Waals surface area contributed by atoms with Crippen molar-refractivity contribution in [3.63, 3.8) is 0 Å². The fourth-order valence-corrected chi connectivity index (χ4v) is 4.08. The first-order valence-electron chi connectivity index (χ1n) is 8.19. The number of para-hydroxylation sites is 2. The molecule has 0 radical (unpaired) electrons. The van der Waals surface area contributed by atoms with Crippen LogP contribution in [-0.4, -0.2) is 43.0 Å². The SMILES string of the molecule is O=C1CCCN1c1ccccc1NC1CCN2CCC1C2. The highest BCUT2D eigenvalue weighted by Crippen LogP contribution is 2.34. The molecule has 3 fully saturated rings. The van der Waals surface area contributed by atoms with E-state index in [1.165, 1.54) is 32.5 Å². The van der Waals surface area contributed by atoms with Gasteiger partial charge in [-0.2, -0.15) is 0 Å². The maximum absolute atomic E-state index is 12.0. The minimum absolute atomic E-state index is 0.264. The molecule has 3 atom stereocenters. The summed E-state index contributed by atoms with van der Waals surface area (Å²) in [6.07, 6.45) is 4.19. The van der Waals surface area contributed by atoms with Crippen LogP contribution in [0.1, 0.15) is 25.7 Å². The van der Waals surface area contributed by atoms with Crippen molar-refractivity contribution in [2.24, 2.45) is 5.92 Å². The second kappa shape index (κ2) is 5.34. The van der Waals surface area contributed by atoms with Gasteiger partial charge in [0.15, 0.2) is 0 Å². The number of nitrogens with one attached hydrogen (secondary N) is 1. The first-order valence-corrected chi connectivity index (χ1v) is 8.19. The molecule has 0 aromatic heterocycles. The van der Waals surface area contributed by atoms with Crippen LogP contribution in [0.25, 0.3) is 0 Å². The molecule has 1 aromatic carbocycles. The molecule has 4 nitrogen and oxygen atoms in total. The Morgan fingerprint density at radius 3 is 2.81 bits per heavy atom. The van der Waals surface area contributed by atoms with Crippen molar-refractivity contribution < 1.29 is 4.79 Å². The second-order valence-corrected chi connectivity index (χ2v) is 6.55. The number of carbonyl (C=O) groups excluding carboxylic acids is 1. The molecule has 1 amide bonds. The molecule has 1 N–H and O–H groups in total. The van der Waals surface area contributed by atoms with Gasteiger partial charge in [-0.25, -0.2) is 0 Å². The van der Waals surface area contributed by atoms with Gasteiger partial charge in [0.25, 0.3) is 0 Å². The lowest BCUT2D eigenvalue weighted by molar-refractivity contribution is -0.117. The van der Waals surface area contributed by atoms with E-state index in [2.05, 4.69) is 28.4 Å². The number of rotatable bonds is 3. The van der Waals surface area contributed by atoms with E-state index in [0.29, 0.717) is 12.5 Å². The van der Waals surface area contributed by atoms with Crippen LogP contribution in [0.3, 0.4) is 0 Å². The predicted molar refractivity (Wildman–Crippen MR) is 84.6 cm³/mol.